The van der Waals surface area contributed by atoms with Gasteiger partial charge in [0.2, 0.25) is 19.2 Å². The van der Waals surface area contributed by atoms with Gasteiger partial charge in [-0.1, -0.05) is 5.92 Å². The lowest BCUT2D eigenvalue weighted by atomic mass is 9.92. The van der Waals surface area contributed by atoms with Crippen LogP contribution >= 0.6 is 7.82 Å². The molecule has 18 nitrogen and oxygen atoms in total. The van der Waals surface area contributed by atoms with Crippen molar-refractivity contribution < 1.29 is 66.0 Å². The van der Waals surface area contributed by atoms with Crippen LogP contribution in [0.15, 0.2) is 12.7 Å². The number of hydrogen-bond donors (Lipinski definition) is 3. The summed E-state index contributed by atoms with van der Waals surface area (Å²) in [5, 5.41) is 23.1. The first-order chi connectivity index (χ1) is 20.2. The van der Waals surface area contributed by atoms with E-state index in [9.17, 15) is 28.8 Å². The van der Waals surface area contributed by atoms with E-state index in [1.54, 1.807) is 0 Å². The molecule has 236 valence electrons. The monoisotopic (exact) mass is 633 g/mol. The van der Waals surface area contributed by atoms with Gasteiger partial charge in [-0.25, -0.2) is 42.5 Å². The zero-order chi connectivity index (χ0) is 31.8. The molecule has 2 fully saturated rings. The Kier molecular flexibility index (Phi) is 8.86. The lowest BCUT2D eigenvalue weighted by molar-refractivity contribution is -0.147. The van der Waals surface area contributed by atoms with E-state index < -0.39 is 81.7 Å². The Morgan fingerprint density at radius 2 is 1.72 bits per heavy atom. The molecule has 2 aliphatic rings. The molecule has 0 aromatic carbocycles. The largest absolute Gasteiger partial charge is 0.510 e. The number of anilines is 1. The number of nitrogen functional groups attached to an aromatic ring is 1. The Bertz CT molecular complexity index is 1440. The minimum absolute atomic E-state index is 0.0227. The maximum absolute atomic E-state index is 14.7. The average Bonchev–Trinajstić information content (AvgIpc) is 3.17. The second kappa shape index (κ2) is 11.8. The normalized spacial score (nSPS) is 28.0. The Morgan fingerprint density at radius 1 is 1.14 bits per heavy atom. The Hall–Kier alpha value is -3.63. The number of halogens is 1. The highest BCUT2D eigenvalue weighted by Gasteiger charge is 2.95. The third-order valence-electron chi connectivity index (χ3n) is 6.36. The summed E-state index contributed by atoms with van der Waals surface area (Å²) in [4.78, 5) is 35.3. The maximum atomic E-state index is 14.7. The van der Waals surface area contributed by atoms with Crippen molar-refractivity contribution in [3.05, 3.63) is 12.7 Å². The van der Waals surface area contributed by atoms with E-state index in [4.69, 9.17) is 39.9 Å². The predicted molar refractivity (Wildman–Crippen MR) is 137 cm³/mol. The number of terminal acetylenes is 1. The molecule has 0 radical (unpaired) electrons. The van der Waals surface area contributed by atoms with Crippen molar-refractivity contribution in [2.24, 2.45) is 0 Å². The number of carbonyl (C=O) groups is 2. The molecule has 1 unspecified atom stereocenters. The third-order valence-corrected chi connectivity index (χ3v) is 7.67. The second-order valence-corrected chi connectivity index (χ2v) is 11.4. The number of phosphoric ester groups is 1. The minimum atomic E-state index is -5.05. The van der Waals surface area contributed by atoms with Crippen molar-refractivity contribution in [2.75, 3.05) is 26.0 Å². The van der Waals surface area contributed by atoms with E-state index in [-0.39, 0.29) is 17.0 Å². The summed E-state index contributed by atoms with van der Waals surface area (Å²) in [6.45, 7) is 2.39. The number of phosphoric acid groups is 1. The number of aromatic nitrogens is 4. The zero-order valence-corrected chi connectivity index (χ0v) is 24.1. The van der Waals surface area contributed by atoms with Gasteiger partial charge in [0.25, 0.3) is 0 Å². The summed E-state index contributed by atoms with van der Waals surface area (Å²) in [7, 11) is -5.05. The first-order valence-electron chi connectivity index (χ1n) is 12.5. The van der Waals surface area contributed by atoms with Crippen LogP contribution in [0.3, 0.4) is 0 Å². The number of rotatable bonds is 12. The number of aliphatic hydroxyl groups is 2. The van der Waals surface area contributed by atoms with E-state index in [0.29, 0.717) is 0 Å². The Balaban J connectivity index is 1.58. The first-order valence-corrected chi connectivity index (χ1v) is 14.0. The van der Waals surface area contributed by atoms with Gasteiger partial charge in [-0.2, -0.15) is 0 Å². The van der Waals surface area contributed by atoms with Crippen molar-refractivity contribution in [1.29, 1.82) is 0 Å². The highest BCUT2D eigenvalue weighted by molar-refractivity contribution is 7.48. The number of alkyl halides is 1. The van der Waals surface area contributed by atoms with Gasteiger partial charge < -0.3 is 39.6 Å². The second-order valence-electron chi connectivity index (χ2n) is 9.80. The molecule has 4 N–H and O–H groups in total. The lowest BCUT2D eigenvalue weighted by Gasteiger charge is -2.32. The SMILES string of the molecule is C#C[C@]1(O)[C@H](n2cnc3c(N)ncnc32)O[C@]2(CF)C(OP(=O)(OCOC(=O)OC(C)C)OCOC(=O)OC(C)C)[C@@]21O. The first kappa shape index (κ1) is 32.3. The zero-order valence-electron chi connectivity index (χ0n) is 23.2. The van der Waals surface area contributed by atoms with Crippen LogP contribution in [-0.4, -0.2) is 97.4 Å². The van der Waals surface area contributed by atoms with E-state index in [1.807, 2.05) is 5.92 Å². The molecule has 1 aliphatic carbocycles. The number of fused-ring (bicyclic) bond motifs is 2. The fraction of sp³-hybridized carbons (Fsp3) is 0.609. The van der Waals surface area contributed by atoms with Crippen LogP contribution in [0.5, 0.6) is 0 Å². The summed E-state index contributed by atoms with van der Waals surface area (Å²) in [5.41, 5.74) is -2.06. The van der Waals surface area contributed by atoms with Gasteiger partial charge >= 0.3 is 20.1 Å². The number of ether oxygens (including phenoxy) is 5. The number of hydrogen-bond acceptors (Lipinski definition) is 17. The van der Waals surface area contributed by atoms with E-state index >= 15 is 0 Å². The van der Waals surface area contributed by atoms with Gasteiger partial charge in [-0.3, -0.25) is 9.09 Å². The fourth-order valence-corrected chi connectivity index (χ4v) is 5.55. The number of imidazole rings is 1. The highest BCUT2D eigenvalue weighted by Crippen LogP contribution is 2.72. The van der Waals surface area contributed by atoms with Crippen molar-refractivity contribution in [3.63, 3.8) is 0 Å². The molecule has 0 bridgehead atoms. The molecule has 1 saturated carbocycles. The molecule has 43 heavy (non-hydrogen) atoms. The molecule has 1 saturated heterocycles. The summed E-state index contributed by atoms with van der Waals surface area (Å²) in [6.07, 6.45) is 0.528. The van der Waals surface area contributed by atoms with Crippen LogP contribution in [-0.2, 0) is 41.8 Å². The van der Waals surface area contributed by atoms with Crippen molar-refractivity contribution in [2.45, 2.75) is 69.0 Å². The van der Waals surface area contributed by atoms with E-state index in [0.717, 1.165) is 17.2 Å². The van der Waals surface area contributed by atoms with Crippen LogP contribution in [0, 0.1) is 12.3 Å². The van der Waals surface area contributed by atoms with Gasteiger partial charge in [0.15, 0.2) is 28.9 Å². The molecule has 0 amide bonds. The molecular weight excluding hydrogens is 604 g/mol. The van der Waals surface area contributed by atoms with E-state index in [1.165, 1.54) is 27.7 Å². The van der Waals surface area contributed by atoms with Crippen molar-refractivity contribution in [1.82, 2.24) is 19.5 Å². The molecule has 5 atom stereocenters. The molecule has 1 aliphatic heterocycles. The molecular formula is C23H29FN5O13P. The van der Waals surface area contributed by atoms with Crippen LogP contribution in [0.2, 0.25) is 0 Å². The maximum Gasteiger partial charge on any atom is 0.510 e. The van der Waals surface area contributed by atoms with Gasteiger partial charge in [-0.15, -0.1) is 6.42 Å². The quantitative estimate of drug-likeness (QED) is 0.129. The highest BCUT2D eigenvalue weighted by atomic mass is 31.2. The van der Waals surface area contributed by atoms with Crippen LogP contribution < -0.4 is 5.73 Å². The van der Waals surface area contributed by atoms with Crippen molar-refractivity contribution >= 4 is 37.1 Å². The molecule has 20 heteroatoms. The van der Waals surface area contributed by atoms with Gasteiger partial charge in [-0.05, 0) is 27.7 Å². The Labute approximate surface area is 243 Å². The minimum Gasteiger partial charge on any atom is -0.432 e. The molecule has 0 spiro atoms. The van der Waals surface area contributed by atoms with Gasteiger partial charge in [0.05, 0.1) is 18.5 Å². The smallest absolute Gasteiger partial charge is 0.432 e. The third kappa shape index (κ3) is 5.58. The number of nitrogens with two attached hydrogens (primary N) is 1. The lowest BCUT2D eigenvalue weighted by Crippen LogP contribution is -2.50. The van der Waals surface area contributed by atoms with E-state index in [2.05, 4.69) is 24.4 Å². The average molecular weight is 633 g/mol. The topological polar surface area (TPSA) is 235 Å². The molecule has 2 aromatic rings. The molecule has 4 rings (SSSR count). The molecule has 2 aromatic heterocycles. The van der Waals surface area contributed by atoms with Crippen molar-refractivity contribution in [3.8, 4) is 12.3 Å². The summed E-state index contributed by atoms with van der Waals surface area (Å²) in [5.74, 6) is 1.96. The summed E-state index contributed by atoms with van der Waals surface area (Å²) >= 11 is 0. The van der Waals surface area contributed by atoms with Gasteiger partial charge in [0, 0.05) is 0 Å². The fourth-order valence-electron chi connectivity index (χ4n) is 4.41. The van der Waals surface area contributed by atoms with Crippen LogP contribution in [0.4, 0.5) is 19.8 Å². The predicted octanol–water partition coefficient (Wildman–Crippen LogP) is 1.32. The van der Waals surface area contributed by atoms with Crippen LogP contribution in [0.25, 0.3) is 11.2 Å². The molecule has 3 heterocycles. The number of carbonyl (C=O) groups excluding carboxylic acids is 2. The number of nitrogens with zero attached hydrogens (tertiary/aromatic N) is 4. The van der Waals surface area contributed by atoms with Crippen LogP contribution in [0.1, 0.15) is 33.9 Å². The Morgan fingerprint density at radius 3 is 2.23 bits per heavy atom. The van der Waals surface area contributed by atoms with Gasteiger partial charge in [0.1, 0.15) is 24.6 Å². The summed E-state index contributed by atoms with van der Waals surface area (Å²) < 4.78 is 69.1. The summed E-state index contributed by atoms with van der Waals surface area (Å²) in [6, 6.07) is 0. The standard InChI is InChI=1S/C23H29FN5O13P/c1-6-21(32)18(29-9-28-14-15(25)26-8-27-16(14)29)41-22(7-24)17(23(21,22)33)42-43(34,37-10-35-19(30)39-12(2)3)38-11-36-20(31)40-13(4)5/h1,8-9,12-13,17-18,32-33H,7,10-11H2,2-5H3,(H2,25,26,27)/t17?,18-,21+,22-,23+/m1/s1.